The minimum atomic E-state index is -0.550. The van der Waals surface area contributed by atoms with Crippen molar-refractivity contribution in [2.45, 2.75) is 32.7 Å². The molecule has 1 saturated carbocycles. The fourth-order valence-corrected chi connectivity index (χ4v) is 2.26. The van der Waals surface area contributed by atoms with E-state index in [1.54, 1.807) is 12.1 Å². The molecule has 0 aromatic heterocycles. The normalized spacial score (nSPS) is 15.6. The summed E-state index contributed by atoms with van der Waals surface area (Å²) < 4.78 is 4.91. The van der Waals surface area contributed by atoms with Gasteiger partial charge >= 0.3 is 5.97 Å². The predicted octanol–water partition coefficient (Wildman–Crippen LogP) is 3.12. The highest BCUT2D eigenvalue weighted by atomic mass is 35.5. The first-order chi connectivity index (χ1) is 10.5. The molecular weight excluding hydrogens is 302 g/mol. The Labute approximate surface area is 135 Å². The van der Waals surface area contributed by atoms with E-state index in [4.69, 9.17) is 16.3 Å². The second kappa shape index (κ2) is 7.45. The van der Waals surface area contributed by atoms with Gasteiger partial charge in [0.05, 0.1) is 0 Å². The van der Waals surface area contributed by atoms with Crippen molar-refractivity contribution >= 4 is 29.6 Å². The Hall–Kier alpha value is -1.81. The first kappa shape index (κ1) is 16.6. The van der Waals surface area contributed by atoms with Crippen LogP contribution in [0.3, 0.4) is 0 Å². The second-order valence-electron chi connectivity index (χ2n) is 5.64. The Morgan fingerprint density at radius 1 is 1.45 bits per heavy atom. The Morgan fingerprint density at radius 3 is 2.82 bits per heavy atom. The number of esters is 1. The van der Waals surface area contributed by atoms with Gasteiger partial charge in [-0.05, 0) is 55.9 Å². The van der Waals surface area contributed by atoms with E-state index in [9.17, 15) is 9.59 Å². The van der Waals surface area contributed by atoms with Crippen molar-refractivity contribution < 1.29 is 14.3 Å². The van der Waals surface area contributed by atoms with Crippen molar-refractivity contribution in [2.24, 2.45) is 5.92 Å². The van der Waals surface area contributed by atoms with Crippen LogP contribution in [0, 0.1) is 12.8 Å². The van der Waals surface area contributed by atoms with Crippen LogP contribution in [0.1, 0.15) is 30.9 Å². The summed E-state index contributed by atoms with van der Waals surface area (Å²) in [5.74, 6) is -0.240. The number of nitrogens with one attached hydrogen (secondary N) is 1. The highest BCUT2D eigenvalue weighted by molar-refractivity contribution is 6.31. The minimum absolute atomic E-state index is 0.149. The maximum absolute atomic E-state index is 11.6. The summed E-state index contributed by atoms with van der Waals surface area (Å²) >= 11 is 6.01. The molecule has 1 aromatic carbocycles. The molecule has 22 heavy (non-hydrogen) atoms. The van der Waals surface area contributed by atoms with Gasteiger partial charge in [-0.15, -0.1) is 0 Å². The fourth-order valence-electron chi connectivity index (χ4n) is 2.07. The molecular formula is C17H20ClNO3. The van der Waals surface area contributed by atoms with Gasteiger partial charge in [-0.3, -0.25) is 4.79 Å². The number of hydrogen-bond acceptors (Lipinski definition) is 3. The summed E-state index contributed by atoms with van der Waals surface area (Å²) in [6, 6.07) is 5.65. The summed E-state index contributed by atoms with van der Waals surface area (Å²) in [4.78, 5) is 23.2. The van der Waals surface area contributed by atoms with Crippen molar-refractivity contribution in [3.63, 3.8) is 0 Å². The fraction of sp³-hybridized carbons (Fsp3) is 0.412. The number of halogens is 1. The molecule has 1 aromatic rings. The van der Waals surface area contributed by atoms with Gasteiger partial charge in [0.1, 0.15) is 0 Å². The molecule has 0 saturated heterocycles. The Kier molecular flexibility index (Phi) is 5.61. The standard InChI is InChI=1S/C17H20ClNO3/c1-11-3-4-13(9-15(11)18)5-8-17(21)22-10-16(20)19-12(2)14-6-7-14/h3-5,8-9,12,14H,6-7,10H2,1-2H3,(H,19,20)/b8-5+/t12-/m1/s1. The zero-order valence-electron chi connectivity index (χ0n) is 12.8. The molecule has 0 bridgehead atoms. The Morgan fingerprint density at radius 2 is 2.18 bits per heavy atom. The number of ether oxygens (including phenoxy) is 1. The van der Waals surface area contributed by atoms with Crippen LogP contribution in [-0.2, 0) is 14.3 Å². The molecule has 0 unspecified atom stereocenters. The highest BCUT2D eigenvalue weighted by Gasteiger charge is 2.28. The molecule has 0 spiro atoms. The molecule has 5 heteroatoms. The topological polar surface area (TPSA) is 55.4 Å². The zero-order chi connectivity index (χ0) is 16.1. The third-order valence-electron chi connectivity index (χ3n) is 3.67. The van der Waals surface area contributed by atoms with Crippen molar-refractivity contribution in [1.29, 1.82) is 0 Å². The molecule has 0 aliphatic heterocycles. The molecule has 1 fully saturated rings. The number of rotatable bonds is 6. The van der Waals surface area contributed by atoms with E-state index in [2.05, 4.69) is 5.32 Å². The van der Waals surface area contributed by atoms with Crippen molar-refractivity contribution in [2.75, 3.05) is 6.61 Å². The average Bonchev–Trinajstić information content (AvgIpc) is 3.31. The van der Waals surface area contributed by atoms with Gasteiger partial charge in [-0.25, -0.2) is 4.79 Å². The smallest absolute Gasteiger partial charge is 0.331 e. The lowest BCUT2D eigenvalue weighted by molar-refractivity contribution is -0.144. The van der Waals surface area contributed by atoms with Crippen LogP contribution in [0.4, 0.5) is 0 Å². The number of aryl methyl sites for hydroxylation is 1. The van der Waals surface area contributed by atoms with E-state index in [0.717, 1.165) is 24.0 Å². The van der Waals surface area contributed by atoms with Gasteiger partial charge in [0.25, 0.3) is 5.91 Å². The van der Waals surface area contributed by atoms with Gasteiger partial charge in [-0.2, -0.15) is 0 Å². The molecule has 4 nitrogen and oxygen atoms in total. The van der Waals surface area contributed by atoms with Crippen LogP contribution in [0.5, 0.6) is 0 Å². The van der Waals surface area contributed by atoms with E-state index in [1.807, 2.05) is 26.0 Å². The number of carbonyl (C=O) groups is 2. The monoisotopic (exact) mass is 321 g/mol. The van der Waals surface area contributed by atoms with Gasteiger partial charge < -0.3 is 10.1 Å². The quantitative estimate of drug-likeness (QED) is 0.647. The molecule has 0 heterocycles. The van der Waals surface area contributed by atoms with Crippen LogP contribution >= 0.6 is 11.6 Å². The molecule has 0 radical (unpaired) electrons. The first-order valence-electron chi connectivity index (χ1n) is 7.36. The Balaban J connectivity index is 1.75. The lowest BCUT2D eigenvalue weighted by Crippen LogP contribution is -2.36. The van der Waals surface area contributed by atoms with E-state index in [1.165, 1.54) is 6.08 Å². The van der Waals surface area contributed by atoms with Gasteiger partial charge in [0.2, 0.25) is 0 Å². The molecule has 1 aliphatic rings. The summed E-state index contributed by atoms with van der Waals surface area (Å²) in [6.07, 6.45) is 5.21. The zero-order valence-corrected chi connectivity index (χ0v) is 13.5. The first-order valence-corrected chi connectivity index (χ1v) is 7.74. The van der Waals surface area contributed by atoms with E-state index >= 15 is 0 Å². The third kappa shape index (κ3) is 5.19. The van der Waals surface area contributed by atoms with Crippen LogP contribution in [0.15, 0.2) is 24.3 Å². The number of amides is 1. The molecule has 1 atom stereocenters. The largest absolute Gasteiger partial charge is 0.452 e. The molecule has 1 amide bonds. The van der Waals surface area contributed by atoms with Crippen molar-refractivity contribution in [3.8, 4) is 0 Å². The van der Waals surface area contributed by atoms with Crippen LogP contribution in [0.25, 0.3) is 6.08 Å². The molecule has 118 valence electrons. The van der Waals surface area contributed by atoms with Crippen molar-refractivity contribution in [3.05, 3.63) is 40.4 Å². The maximum atomic E-state index is 11.6. The van der Waals surface area contributed by atoms with Crippen LogP contribution in [-0.4, -0.2) is 24.5 Å². The lowest BCUT2D eigenvalue weighted by Gasteiger charge is -2.12. The van der Waals surface area contributed by atoms with E-state index in [-0.39, 0.29) is 18.6 Å². The molecule has 1 aliphatic carbocycles. The van der Waals surface area contributed by atoms with Crippen molar-refractivity contribution in [1.82, 2.24) is 5.32 Å². The van der Waals surface area contributed by atoms with Crippen LogP contribution in [0.2, 0.25) is 5.02 Å². The van der Waals surface area contributed by atoms with Gasteiger partial charge in [-0.1, -0.05) is 23.7 Å². The number of benzene rings is 1. The summed E-state index contributed by atoms with van der Waals surface area (Å²) in [5.41, 5.74) is 1.78. The lowest BCUT2D eigenvalue weighted by atomic mass is 10.1. The van der Waals surface area contributed by atoms with Gasteiger partial charge in [0, 0.05) is 17.1 Å². The average molecular weight is 322 g/mol. The highest BCUT2D eigenvalue weighted by Crippen LogP contribution is 2.32. The van der Waals surface area contributed by atoms with Gasteiger partial charge in [0.15, 0.2) is 6.61 Å². The minimum Gasteiger partial charge on any atom is -0.452 e. The maximum Gasteiger partial charge on any atom is 0.331 e. The summed E-state index contributed by atoms with van der Waals surface area (Å²) in [6.45, 7) is 3.62. The Bertz CT molecular complexity index is 594. The third-order valence-corrected chi connectivity index (χ3v) is 4.08. The predicted molar refractivity (Wildman–Crippen MR) is 86.5 cm³/mol. The molecule has 2 rings (SSSR count). The van der Waals surface area contributed by atoms with E-state index in [0.29, 0.717) is 10.9 Å². The number of hydrogen-bond donors (Lipinski definition) is 1. The second-order valence-corrected chi connectivity index (χ2v) is 6.05. The summed E-state index contributed by atoms with van der Waals surface area (Å²) in [7, 11) is 0. The van der Waals surface area contributed by atoms with E-state index < -0.39 is 5.97 Å². The van der Waals surface area contributed by atoms with Crippen LogP contribution < -0.4 is 5.32 Å². The SMILES string of the molecule is Cc1ccc(/C=C/C(=O)OCC(=O)N[C@H](C)C2CC2)cc1Cl. The number of carbonyl (C=O) groups excluding carboxylic acids is 2. The molecule has 1 N–H and O–H groups in total. The summed E-state index contributed by atoms with van der Waals surface area (Å²) in [5, 5.41) is 3.47.